The molecule has 126 valence electrons. The zero-order valence-corrected chi connectivity index (χ0v) is 14.3. The maximum atomic E-state index is 12.6. The summed E-state index contributed by atoms with van der Waals surface area (Å²) in [5, 5.41) is 15.4. The van der Waals surface area contributed by atoms with E-state index < -0.39 is 5.92 Å². The van der Waals surface area contributed by atoms with Crippen LogP contribution in [0.3, 0.4) is 0 Å². The van der Waals surface area contributed by atoms with Crippen molar-refractivity contribution in [2.45, 2.75) is 32.2 Å². The number of hydrogen-bond acceptors (Lipinski definition) is 6. The number of amides is 2. The smallest absolute Gasteiger partial charge is 0.228 e. The summed E-state index contributed by atoms with van der Waals surface area (Å²) in [5.74, 6) is -0.258. The number of nitrogens with one attached hydrogen (secondary N) is 2. The predicted molar refractivity (Wildman–Crippen MR) is 90.1 cm³/mol. The minimum Gasteiger partial charge on any atom is -0.497 e. The zero-order chi connectivity index (χ0) is 17.1. The summed E-state index contributed by atoms with van der Waals surface area (Å²) in [4.78, 5) is 24.4. The Morgan fingerprint density at radius 2 is 2.21 bits per heavy atom. The van der Waals surface area contributed by atoms with Gasteiger partial charge in [-0.25, -0.2) is 0 Å². The van der Waals surface area contributed by atoms with Gasteiger partial charge in [-0.05, 0) is 30.2 Å². The molecule has 7 nitrogen and oxygen atoms in total. The number of rotatable bonds is 5. The van der Waals surface area contributed by atoms with Crippen molar-refractivity contribution in [2.24, 2.45) is 0 Å². The van der Waals surface area contributed by atoms with Gasteiger partial charge in [0.05, 0.1) is 19.6 Å². The van der Waals surface area contributed by atoms with E-state index in [9.17, 15) is 9.59 Å². The number of benzene rings is 1. The van der Waals surface area contributed by atoms with Crippen molar-refractivity contribution in [2.75, 3.05) is 12.4 Å². The predicted octanol–water partition coefficient (Wildman–Crippen LogP) is 1.85. The van der Waals surface area contributed by atoms with Crippen molar-refractivity contribution in [1.29, 1.82) is 0 Å². The lowest BCUT2D eigenvalue weighted by molar-refractivity contribution is -0.126. The van der Waals surface area contributed by atoms with Crippen molar-refractivity contribution >= 4 is 28.8 Å². The van der Waals surface area contributed by atoms with E-state index in [0.29, 0.717) is 18.0 Å². The van der Waals surface area contributed by atoms with Crippen molar-refractivity contribution in [1.82, 2.24) is 15.5 Å². The van der Waals surface area contributed by atoms with Crippen LogP contribution in [0.4, 0.5) is 5.69 Å². The van der Waals surface area contributed by atoms with Crippen LogP contribution in [0.15, 0.2) is 18.2 Å². The van der Waals surface area contributed by atoms with Crippen molar-refractivity contribution < 1.29 is 14.3 Å². The number of ether oxygens (including phenoxy) is 1. The first-order valence-electron chi connectivity index (χ1n) is 7.67. The Kier molecular flexibility index (Phi) is 4.75. The van der Waals surface area contributed by atoms with Gasteiger partial charge in [-0.15, -0.1) is 10.2 Å². The van der Waals surface area contributed by atoms with Crippen LogP contribution in [0.5, 0.6) is 5.75 Å². The number of aryl methyl sites for hydroxylation is 1. The molecule has 24 heavy (non-hydrogen) atoms. The molecular formula is C16H18N4O3S. The van der Waals surface area contributed by atoms with Crippen LogP contribution in [-0.4, -0.2) is 29.1 Å². The SMILES string of the molecule is CCc1nnc(CNC(=O)C2CC(=O)Nc3ccc(OC)cc32)s1. The van der Waals surface area contributed by atoms with Gasteiger partial charge in [0.25, 0.3) is 0 Å². The lowest BCUT2D eigenvalue weighted by Gasteiger charge is -2.25. The van der Waals surface area contributed by atoms with Gasteiger partial charge in [0.1, 0.15) is 15.8 Å². The molecule has 0 fully saturated rings. The van der Waals surface area contributed by atoms with Gasteiger partial charge in [0.15, 0.2) is 0 Å². The van der Waals surface area contributed by atoms with E-state index in [4.69, 9.17) is 4.74 Å². The summed E-state index contributed by atoms with van der Waals surface area (Å²) in [6, 6.07) is 5.30. The highest BCUT2D eigenvalue weighted by Gasteiger charge is 2.31. The number of anilines is 1. The number of fused-ring (bicyclic) bond motifs is 1. The van der Waals surface area contributed by atoms with Crippen molar-refractivity contribution in [3.63, 3.8) is 0 Å². The molecular weight excluding hydrogens is 328 g/mol. The fourth-order valence-electron chi connectivity index (χ4n) is 2.59. The molecule has 1 unspecified atom stereocenters. The topological polar surface area (TPSA) is 93.2 Å². The molecule has 2 heterocycles. The monoisotopic (exact) mass is 346 g/mol. The van der Waals surface area contributed by atoms with E-state index in [1.165, 1.54) is 11.3 Å². The molecule has 3 rings (SSSR count). The third-order valence-electron chi connectivity index (χ3n) is 3.84. The Balaban J connectivity index is 1.75. The van der Waals surface area contributed by atoms with E-state index in [2.05, 4.69) is 20.8 Å². The van der Waals surface area contributed by atoms with E-state index in [0.717, 1.165) is 22.0 Å². The van der Waals surface area contributed by atoms with E-state index in [1.807, 2.05) is 6.92 Å². The first kappa shape index (κ1) is 16.4. The summed E-state index contributed by atoms with van der Waals surface area (Å²) in [5.41, 5.74) is 1.41. The number of carbonyl (C=O) groups is 2. The van der Waals surface area contributed by atoms with Crippen LogP contribution in [-0.2, 0) is 22.6 Å². The third-order valence-corrected chi connectivity index (χ3v) is 4.91. The van der Waals surface area contributed by atoms with Gasteiger partial charge in [-0.2, -0.15) is 0 Å². The van der Waals surface area contributed by atoms with Gasteiger partial charge in [0.2, 0.25) is 11.8 Å². The van der Waals surface area contributed by atoms with Crippen molar-refractivity contribution in [3.05, 3.63) is 33.8 Å². The number of hydrogen-bond donors (Lipinski definition) is 2. The minimum absolute atomic E-state index is 0.113. The van der Waals surface area contributed by atoms with Gasteiger partial charge >= 0.3 is 0 Å². The van der Waals surface area contributed by atoms with E-state index in [-0.39, 0.29) is 18.2 Å². The number of carbonyl (C=O) groups excluding carboxylic acids is 2. The van der Waals surface area contributed by atoms with Gasteiger partial charge < -0.3 is 15.4 Å². The van der Waals surface area contributed by atoms with Crippen LogP contribution >= 0.6 is 11.3 Å². The van der Waals surface area contributed by atoms with Crippen molar-refractivity contribution in [3.8, 4) is 5.75 Å². The Bertz CT molecular complexity index is 774. The van der Waals surface area contributed by atoms with Gasteiger partial charge in [-0.3, -0.25) is 9.59 Å². The lowest BCUT2D eigenvalue weighted by atomic mass is 9.89. The maximum absolute atomic E-state index is 12.6. The highest BCUT2D eigenvalue weighted by atomic mass is 32.1. The second kappa shape index (κ2) is 6.96. The molecule has 1 aliphatic rings. The van der Waals surface area contributed by atoms with E-state index in [1.54, 1.807) is 25.3 Å². The molecule has 0 spiro atoms. The molecule has 0 bridgehead atoms. The first-order chi connectivity index (χ1) is 11.6. The quantitative estimate of drug-likeness (QED) is 0.862. The minimum atomic E-state index is -0.539. The zero-order valence-electron chi connectivity index (χ0n) is 13.5. The lowest BCUT2D eigenvalue weighted by Crippen LogP contribution is -2.34. The normalized spacial score (nSPS) is 16.2. The Morgan fingerprint density at radius 3 is 2.92 bits per heavy atom. The molecule has 8 heteroatoms. The molecule has 1 aromatic heterocycles. The molecule has 0 saturated carbocycles. The van der Waals surface area contributed by atoms with E-state index >= 15 is 0 Å². The molecule has 0 saturated heterocycles. The number of aromatic nitrogens is 2. The molecule has 0 aliphatic carbocycles. The first-order valence-corrected chi connectivity index (χ1v) is 8.49. The van der Waals surface area contributed by atoms with Gasteiger partial charge in [0, 0.05) is 12.1 Å². The summed E-state index contributed by atoms with van der Waals surface area (Å²) in [6.45, 7) is 2.32. The second-order valence-electron chi connectivity index (χ2n) is 5.42. The molecule has 0 radical (unpaired) electrons. The molecule has 2 aromatic rings. The average molecular weight is 346 g/mol. The highest BCUT2D eigenvalue weighted by Crippen LogP contribution is 2.35. The second-order valence-corrected chi connectivity index (χ2v) is 6.57. The van der Waals surface area contributed by atoms with Crippen LogP contribution in [0, 0.1) is 0 Å². The van der Waals surface area contributed by atoms with Crippen LogP contribution in [0.25, 0.3) is 0 Å². The highest BCUT2D eigenvalue weighted by molar-refractivity contribution is 7.11. The Labute approximate surface area is 143 Å². The van der Waals surface area contributed by atoms with Crippen LogP contribution < -0.4 is 15.4 Å². The fourth-order valence-corrected chi connectivity index (χ4v) is 3.31. The van der Waals surface area contributed by atoms with Crippen LogP contribution in [0.2, 0.25) is 0 Å². The fraction of sp³-hybridized carbons (Fsp3) is 0.375. The third kappa shape index (κ3) is 3.38. The number of nitrogens with zero attached hydrogens (tertiary/aromatic N) is 2. The molecule has 2 N–H and O–H groups in total. The standard InChI is InChI=1S/C16H18N4O3S/c1-3-14-19-20-15(24-14)8-17-16(22)11-7-13(21)18-12-5-4-9(23-2)6-10(11)12/h4-6,11H,3,7-8H2,1-2H3,(H,17,22)(H,18,21). The molecule has 1 aromatic carbocycles. The molecule has 1 aliphatic heterocycles. The average Bonchev–Trinajstić information content (AvgIpc) is 3.06. The Hall–Kier alpha value is -2.48. The maximum Gasteiger partial charge on any atom is 0.228 e. The summed E-state index contributed by atoms with van der Waals surface area (Å²) in [6.07, 6.45) is 0.934. The molecule has 2 amide bonds. The molecule has 1 atom stereocenters. The van der Waals surface area contributed by atoms with Gasteiger partial charge in [-0.1, -0.05) is 18.3 Å². The summed E-state index contributed by atoms with van der Waals surface area (Å²) >= 11 is 1.48. The Morgan fingerprint density at radius 1 is 1.42 bits per heavy atom. The van der Waals surface area contributed by atoms with Crippen LogP contribution in [0.1, 0.15) is 34.8 Å². The largest absolute Gasteiger partial charge is 0.497 e. The number of methoxy groups -OCH3 is 1. The summed E-state index contributed by atoms with van der Waals surface area (Å²) in [7, 11) is 1.57. The summed E-state index contributed by atoms with van der Waals surface area (Å²) < 4.78 is 5.22.